The van der Waals surface area contributed by atoms with Crippen LogP contribution in [0.15, 0.2) is 97.1 Å². The minimum absolute atomic E-state index is 0.00648. The summed E-state index contributed by atoms with van der Waals surface area (Å²) in [6, 6.07) is 34.9. The molecule has 0 aromatic heterocycles. The van der Waals surface area contributed by atoms with E-state index in [0.29, 0.717) is 48.9 Å². The van der Waals surface area contributed by atoms with E-state index in [1.54, 1.807) is 0 Å². The van der Waals surface area contributed by atoms with E-state index in [0.717, 1.165) is 48.2 Å². The Morgan fingerprint density at radius 3 is 1.12 bits per heavy atom. The summed E-state index contributed by atoms with van der Waals surface area (Å²) < 4.78 is 18.7. The molecule has 0 aliphatic carbocycles. The molecule has 320 valence electrons. The van der Waals surface area contributed by atoms with Gasteiger partial charge in [-0.25, -0.2) is 0 Å². The van der Waals surface area contributed by atoms with Crippen molar-refractivity contribution in [3.8, 4) is 11.5 Å². The van der Waals surface area contributed by atoms with Crippen LogP contribution in [0.1, 0.15) is 141 Å². The molecule has 4 aromatic carbocycles. The average molecular weight is 805 g/mol. The molecule has 0 saturated heterocycles. The van der Waals surface area contributed by atoms with E-state index in [-0.39, 0.29) is 35.6 Å². The molecular formula is C52H72N2O5. The predicted octanol–water partition coefficient (Wildman–Crippen LogP) is 11.8. The van der Waals surface area contributed by atoms with Crippen LogP contribution in [-0.4, -0.2) is 59.0 Å². The third kappa shape index (κ3) is 13.9. The minimum Gasteiger partial charge on any atom is -0.426 e. The van der Waals surface area contributed by atoms with E-state index in [1.807, 2.05) is 64.1 Å². The molecule has 4 rings (SSSR count). The maximum atomic E-state index is 13.0. The molecule has 0 aliphatic heterocycles. The van der Waals surface area contributed by atoms with Gasteiger partial charge in [0.05, 0.1) is 25.0 Å². The Balaban J connectivity index is 1.69. The first kappa shape index (κ1) is 47.4. The van der Waals surface area contributed by atoms with Gasteiger partial charge in [0.15, 0.2) is 0 Å². The largest absolute Gasteiger partial charge is 0.426 e. The van der Waals surface area contributed by atoms with Crippen molar-refractivity contribution in [3.05, 3.63) is 130 Å². The fourth-order valence-corrected chi connectivity index (χ4v) is 8.00. The summed E-state index contributed by atoms with van der Waals surface area (Å²) in [6.07, 6.45) is 1.73. The van der Waals surface area contributed by atoms with Crippen LogP contribution in [0.4, 0.5) is 0 Å². The van der Waals surface area contributed by atoms with Crippen LogP contribution in [0.25, 0.3) is 0 Å². The maximum Gasteiger partial charge on any atom is 0.313 e. The topological polar surface area (TPSA) is 68.3 Å². The molecule has 0 N–H and O–H groups in total. The number of nitrogens with zero attached hydrogens (tertiary/aromatic N) is 2. The second kappa shape index (κ2) is 22.9. The molecule has 0 aliphatic rings. The summed E-state index contributed by atoms with van der Waals surface area (Å²) in [6.45, 7) is 28.0. The second-order valence-electron chi connectivity index (χ2n) is 17.7. The lowest BCUT2D eigenvalue weighted by Gasteiger charge is -2.32. The number of esters is 2. The minimum atomic E-state index is -0.255. The van der Waals surface area contributed by atoms with Crippen LogP contribution in [-0.2, 0) is 27.5 Å². The Morgan fingerprint density at radius 1 is 0.475 bits per heavy atom. The van der Waals surface area contributed by atoms with Crippen LogP contribution >= 0.6 is 0 Å². The summed E-state index contributed by atoms with van der Waals surface area (Å²) >= 11 is 0. The molecule has 2 atom stereocenters. The normalized spacial score (nSPS) is 13.1. The number of hydrogen-bond donors (Lipinski definition) is 0. The van der Waals surface area contributed by atoms with Crippen molar-refractivity contribution in [2.75, 3.05) is 13.1 Å². The smallest absolute Gasteiger partial charge is 0.313 e. The Bertz CT molecular complexity index is 1730. The van der Waals surface area contributed by atoms with Crippen molar-refractivity contribution in [3.63, 3.8) is 0 Å². The van der Waals surface area contributed by atoms with Gasteiger partial charge in [0, 0.05) is 47.1 Å². The molecule has 0 radical (unpaired) electrons. The highest BCUT2D eigenvalue weighted by molar-refractivity contribution is 5.75. The number of carbonyl (C=O) groups excluding carboxylic acids is 2. The average Bonchev–Trinajstić information content (AvgIpc) is 3.19. The lowest BCUT2D eigenvalue weighted by molar-refractivity contribution is -0.138. The standard InChI is InChI=1S/C52H72N2O5/c1-35(2)51(55)58-49-25-23-41(31-47(49)45(43-19-15-13-16-20-43)27-29-53(37(5)6)38(7)8)33-57-34-42-24-26-50(59-52(56)36(3)4)48(32-42)46(44-21-17-14-18-22-44)28-30-54(39(9)10)40(11)12/h13-26,31-32,35-40,45-46H,27-30,33-34H2,1-12H3/t45-,46+. The SMILES string of the molecule is CC(C)C(=O)Oc1ccc(COCc2ccc(OC(=O)C(C)C)c([C@@H](CCN(C(C)C)C(C)C)c3ccccc3)c2)cc1[C@H](CCN(C(C)C)C(C)C)c1ccccc1. The van der Waals surface area contributed by atoms with Crippen LogP contribution < -0.4 is 9.47 Å². The van der Waals surface area contributed by atoms with Crippen LogP contribution in [0.2, 0.25) is 0 Å². The van der Waals surface area contributed by atoms with Gasteiger partial charge in [-0.05, 0) is 128 Å². The molecule has 0 heterocycles. The lowest BCUT2D eigenvalue weighted by Crippen LogP contribution is -2.38. The number of carbonyl (C=O) groups is 2. The van der Waals surface area contributed by atoms with Crippen molar-refractivity contribution in [2.24, 2.45) is 11.8 Å². The molecule has 0 bridgehead atoms. The Hall–Kier alpha value is -4.30. The second-order valence-corrected chi connectivity index (χ2v) is 17.7. The first-order chi connectivity index (χ1) is 28.1. The summed E-state index contributed by atoms with van der Waals surface area (Å²) in [4.78, 5) is 31.1. The van der Waals surface area contributed by atoms with Crippen molar-refractivity contribution in [2.45, 2.75) is 145 Å². The Morgan fingerprint density at radius 2 is 0.814 bits per heavy atom. The molecule has 0 saturated carbocycles. The molecule has 0 fully saturated rings. The summed E-state index contributed by atoms with van der Waals surface area (Å²) in [5.74, 6) is 0.197. The van der Waals surface area contributed by atoms with Gasteiger partial charge in [-0.2, -0.15) is 0 Å². The molecule has 7 nitrogen and oxygen atoms in total. The van der Waals surface area contributed by atoms with Gasteiger partial charge in [-0.3, -0.25) is 19.4 Å². The van der Waals surface area contributed by atoms with Gasteiger partial charge < -0.3 is 14.2 Å². The zero-order valence-electron chi connectivity index (χ0n) is 38.0. The van der Waals surface area contributed by atoms with Crippen LogP contribution in [0.3, 0.4) is 0 Å². The van der Waals surface area contributed by atoms with Gasteiger partial charge in [-0.15, -0.1) is 0 Å². The Kier molecular flexibility index (Phi) is 18.4. The van der Waals surface area contributed by atoms with Gasteiger partial charge in [0.1, 0.15) is 11.5 Å². The quantitative estimate of drug-likeness (QED) is 0.0579. The molecule has 4 aromatic rings. The molecule has 0 amide bonds. The van der Waals surface area contributed by atoms with Crippen LogP contribution in [0.5, 0.6) is 11.5 Å². The van der Waals surface area contributed by atoms with E-state index in [2.05, 4.69) is 126 Å². The zero-order chi connectivity index (χ0) is 43.2. The summed E-state index contributed by atoms with van der Waals surface area (Å²) in [5.41, 5.74) is 6.34. The van der Waals surface area contributed by atoms with Crippen LogP contribution in [0, 0.1) is 11.8 Å². The first-order valence-electron chi connectivity index (χ1n) is 21.9. The number of ether oxygens (including phenoxy) is 3. The summed E-state index contributed by atoms with van der Waals surface area (Å²) in [5, 5.41) is 0. The monoisotopic (exact) mass is 805 g/mol. The highest BCUT2D eigenvalue weighted by Gasteiger charge is 2.26. The number of hydrogen-bond acceptors (Lipinski definition) is 7. The van der Waals surface area contributed by atoms with Crippen molar-refractivity contribution < 1.29 is 23.8 Å². The number of rotatable bonds is 22. The maximum absolute atomic E-state index is 13.0. The molecule has 7 heteroatoms. The number of benzene rings is 4. The van der Waals surface area contributed by atoms with Gasteiger partial charge in [0.2, 0.25) is 0 Å². The van der Waals surface area contributed by atoms with E-state index in [9.17, 15) is 9.59 Å². The fraction of sp³-hybridized carbons (Fsp3) is 0.500. The van der Waals surface area contributed by atoms with E-state index in [4.69, 9.17) is 14.2 Å². The third-order valence-corrected chi connectivity index (χ3v) is 11.2. The predicted molar refractivity (Wildman–Crippen MR) is 242 cm³/mol. The highest BCUT2D eigenvalue weighted by atomic mass is 16.5. The van der Waals surface area contributed by atoms with Crippen molar-refractivity contribution in [1.29, 1.82) is 0 Å². The van der Waals surface area contributed by atoms with Gasteiger partial charge in [0.25, 0.3) is 0 Å². The van der Waals surface area contributed by atoms with Crippen molar-refractivity contribution >= 4 is 11.9 Å². The van der Waals surface area contributed by atoms with Crippen molar-refractivity contribution in [1.82, 2.24) is 9.80 Å². The third-order valence-electron chi connectivity index (χ3n) is 11.2. The van der Waals surface area contributed by atoms with Gasteiger partial charge >= 0.3 is 11.9 Å². The molecular weight excluding hydrogens is 733 g/mol. The van der Waals surface area contributed by atoms with E-state index in [1.165, 1.54) is 11.1 Å². The molecule has 0 unspecified atom stereocenters. The first-order valence-corrected chi connectivity index (χ1v) is 21.9. The summed E-state index contributed by atoms with van der Waals surface area (Å²) in [7, 11) is 0. The Labute approximate surface area is 356 Å². The molecule has 59 heavy (non-hydrogen) atoms. The fourth-order valence-electron chi connectivity index (χ4n) is 8.00. The van der Waals surface area contributed by atoms with E-state index < -0.39 is 0 Å². The molecule has 0 spiro atoms. The van der Waals surface area contributed by atoms with E-state index >= 15 is 0 Å². The zero-order valence-corrected chi connectivity index (χ0v) is 38.0. The highest BCUT2D eigenvalue weighted by Crippen LogP contribution is 2.38. The lowest BCUT2D eigenvalue weighted by atomic mass is 9.86. The van der Waals surface area contributed by atoms with Gasteiger partial charge in [-0.1, -0.05) is 100 Å².